The first kappa shape index (κ1) is 23.2. The van der Waals surface area contributed by atoms with Crippen LogP contribution in [0.3, 0.4) is 0 Å². The van der Waals surface area contributed by atoms with Crippen molar-refractivity contribution in [1.29, 1.82) is 0 Å². The molecule has 0 aliphatic heterocycles. The van der Waals surface area contributed by atoms with Gasteiger partial charge in [0.2, 0.25) is 0 Å². The smallest absolute Gasteiger partial charge is 0.284 e. The van der Waals surface area contributed by atoms with Crippen LogP contribution in [0.2, 0.25) is 15.1 Å². The van der Waals surface area contributed by atoms with Gasteiger partial charge < -0.3 is 5.32 Å². The third kappa shape index (κ3) is 4.22. The first-order valence-corrected chi connectivity index (χ1v) is 13.3. The molecule has 1 amide bonds. The van der Waals surface area contributed by atoms with Gasteiger partial charge in [0.15, 0.2) is 0 Å². The van der Waals surface area contributed by atoms with Gasteiger partial charge in [-0.25, -0.2) is 4.68 Å². The summed E-state index contributed by atoms with van der Waals surface area (Å²) in [6.45, 7) is 0.237. The van der Waals surface area contributed by atoms with Crippen LogP contribution in [0.5, 0.6) is 0 Å². The van der Waals surface area contributed by atoms with Crippen LogP contribution in [0.15, 0.2) is 53.5 Å². The second kappa shape index (κ2) is 8.72. The van der Waals surface area contributed by atoms with Gasteiger partial charge in [0.25, 0.3) is 11.5 Å². The van der Waals surface area contributed by atoms with Gasteiger partial charge in [0.1, 0.15) is 5.56 Å². The van der Waals surface area contributed by atoms with Crippen molar-refractivity contribution in [1.82, 2.24) is 14.7 Å². The quantitative estimate of drug-likeness (QED) is 0.418. The van der Waals surface area contributed by atoms with E-state index in [0.717, 1.165) is 19.3 Å². The second-order valence-corrected chi connectivity index (χ2v) is 11.8. The fourth-order valence-electron chi connectivity index (χ4n) is 7.03. The van der Waals surface area contributed by atoms with Crippen molar-refractivity contribution < 1.29 is 4.79 Å². The Morgan fingerprint density at radius 3 is 2.06 bits per heavy atom. The molecule has 35 heavy (non-hydrogen) atoms. The van der Waals surface area contributed by atoms with Crippen LogP contribution >= 0.6 is 34.8 Å². The first-order valence-electron chi connectivity index (χ1n) is 12.1. The van der Waals surface area contributed by atoms with Crippen molar-refractivity contribution in [2.75, 3.05) is 0 Å². The highest BCUT2D eigenvalue weighted by Crippen LogP contribution is 2.55. The zero-order valence-electron chi connectivity index (χ0n) is 19.1. The van der Waals surface area contributed by atoms with E-state index in [0.29, 0.717) is 44.1 Å². The van der Waals surface area contributed by atoms with Gasteiger partial charge in [0.05, 0.1) is 12.2 Å². The number of hydrogen-bond donors (Lipinski definition) is 1. The third-order valence-electron chi connectivity index (χ3n) is 8.07. The number of nitrogens with one attached hydrogen (secondary N) is 1. The molecule has 0 radical (unpaired) electrons. The van der Waals surface area contributed by atoms with E-state index < -0.39 is 0 Å². The Labute approximate surface area is 219 Å². The number of carbonyl (C=O) groups is 1. The molecule has 4 bridgehead atoms. The van der Waals surface area contributed by atoms with Crippen LogP contribution in [0.25, 0.3) is 5.69 Å². The van der Waals surface area contributed by atoms with E-state index in [1.165, 1.54) is 23.9 Å². The van der Waals surface area contributed by atoms with Crippen molar-refractivity contribution in [2.24, 2.45) is 17.8 Å². The Morgan fingerprint density at radius 2 is 1.49 bits per heavy atom. The van der Waals surface area contributed by atoms with Crippen LogP contribution in [0.4, 0.5) is 0 Å². The zero-order valence-corrected chi connectivity index (χ0v) is 21.4. The molecule has 182 valence electrons. The highest BCUT2D eigenvalue weighted by Gasteiger charge is 2.51. The van der Waals surface area contributed by atoms with Gasteiger partial charge in [-0.1, -0.05) is 40.9 Å². The normalized spacial score (nSPS) is 26.8. The zero-order chi connectivity index (χ0) is 24.3. The van der Waals surface area contributed by atoms with Crippen molar-refractivity contribution >= 4 is 40.7 Å². The molecular weight excluding hydrogens is 505 g/mol. The minimum absolute atomic E-state index is 0.124. The van der Waals surface area contributed by atoms with E-state index in [4.69, 9.17) is 34.8 Å². The lowest BCUT2D eigenvalue weighted by molar-refractivity contribution is -0.0167. The standard InChI is InChI=1S/C27H26Cl3N3O2/c28-19-4-6-20(7-5-19)33-26(35)22(15-32(33)14-21-23(29)2-1-3-24(21)30)25(34)31-27-11-16-8-17(12-27)10-18(9-16)13-27/h1-7,15-18H,8-14H2,(H,31,34). The molecule has 0 atom stereocenters. The summed E-state index contributed by atoms with van der Waals surface area (Å²) >= 11 is 18.9. The van der Waals surface area contributed by atoms with Gasteiger partial charge >= 0.3 is 0 Å². The van der Waals surface area contributed by atoms with E-state index in [9.17, 15) is 9.59 Å². The molecule has 8 heteroatoms. The topological polar surface area (TPSA) is 56.0 Å². The van der Waals surface area contributed by atoms with Gasteiger partial charge in [-0.3, -0.25) is 14.3 Å². The lowest BCUT2D eigenvalue weighted by atomic mass is 9.53. The lowest BCUT2D eigenvalue weighted by Crippen LogP contribution is -2.60. The molecule has 0 saturated heterocycles. The Balaban J connectivity index is 1.38. The van der Waals surface area contributed by atoms with Crippen LogP contribution in [-0.4, -0.2) is 20.8 Å². The number of carbonyl (C=O) groups excluding carboxylic acids is 1. The monoisotopic (exact) mass is 529 g/mol. The van der Waals surface area contributed by atoms with Crippen LogP contribution < -0.4 is 10.9 Å². The van der Waals surface area contributed by atoms with Gasteiger partial charge in [-0.15, -0.1) is 0 Å². The number of amides is 1. The molecule has 1 aromatic heterocycles. The molecule has 1 heterocycles. The van der Waals surface area contributed by atoms with E-state index in [1.807, 2.05) is 0 Å². The maximum atomic E-state index is 13.6. The van der Waals surface area contributed by atoms with Crippen molar-refractivity contribution in [2.45, 2.75) is 50.6 Å². The predicted molar refractivity (Wildman–Crippen MR) is 139 cm³/mol. The molecule has 4 saturated carbocycles. The maximum absolute atomic E-state index is 13.6. The molecule has 1 N–H and O–H groups in total. The molecule has 4 fully saturated rings. The second-order valence-electron chi connectivity index (χ2n) is 10.6. The largest absolute Gasteiger partial charge is 0.346 e. The molecule has 3 aromatic rings. The summed E-state index contributed by atoms with van der Waals surface area (Å²) in [6.07, 6.45) is 8.53. The lowest BCUT2D eigenvalue weighted by Gasteiger charge is -2.56. The highest BCUT2D eigenvalue weighted by atomic mass is 35.5. The first-order chi connectivity index (χ1) is 16.8. The molecule has 0 spiro atoms. The molecule has 4 aliphatic carbocycles. The number of rotatable bonds is 5. The molecule has 4 aliphatic rings. The summed E-state index contributed by atoms with van der Waals surface area (Å²) in [7, 11) is 0. The van der Waals surface area contributed by atoms with Crippen LogP contribution in [0, 0.1) is 17.8 Å². The fourth-order valence-corrected chi connectivity index (χ4v) is 7.67. The van der Waals surface area contributed by atoms with Crippen LogP contribution in [-0.2, 0) is 6.54 Å². The Hall–Kier alpha value is -2.21. The number of benzene rings is 2. The minimum atomic E-state index is -0.377. The molecule has 7 rings (SSSR count). The number of halogens is 3. The summed E-state index contributed by atoms with van der Waals surface area (Å²) < 4.78 is 3.19. The summed E-state index contributed by atoms with van der Waals surface area (Å²) in [5.41, 5.74) is 0.854. The molecular formula is C27H26Cl3N3O2. The van der Waals surface area contributed by atoms with Gasteiger partial charge in [0, 0.05) is 32.4 Å². The van der Waals surface area contributed by atoms with Crippen LogP contribution in [0.1, 0.15) is 54.4 Å². The summed E-state index contributed by atoms with van der Waals surface area (Å²) in [6, 6.07) is 12.3. The van der Waals surface area contributed by atoms with E-state index in [-0.39, 0.29) is 29.1 Å². The summed E-state index contributed by atoms with van der Waals surface area (Å²) in [5.74, 6) is 1.78. The number of nitrogens with zero attached hydrogens (tertiary/aromatic N) is 2. The van der Waals surface area contributed by atoms with E-state index in [2.05, 4.69) is 5.32 Å². The fraction of sp³-hybridized carbons (Fsp3) is 0.407. The minimum Gasteiger partial charge on any atom is -0.346 e. The van der Waals surface area contributed by atoms with E-state index >= 15 is 0 Å². The van der Waals surface area contributed by atoms with Crippen molar-refractivity contribution in [3.05, 3.63) is 85.2 Å². The SMILES string of the molecule is O=C(NC12CC3CC(CC(C3)C1)C2)c1cn(Cc2c(Cl)cccc2Cl)n(-c2ccc(Cl)cc2)c1=O. The average Bonchev–Trinajstić information content (AvgIpc) is 3.12. The Kier molecular flexibility index (Phi) is 5.78. The van der Waals surface area contributed by atoms with Crippen molar-refractivity contribution in [3.63, 3.8) is 0 Å². The third-order valence-corrected chi connectivity index (χ3v) is 9.03. The molecule has 2 aromatic carbocycles. The Morgan fingerprint density at radius 1 is 0.914 bits per heavy atom. The molecule has 0 unspecified atom stereocenters. The van der Waals surface area contributed by atoms with Gasteiger partial charge in [-0.2, -0.15) is 0 Å². The molecule has 5 nitrogen and oxygen atoms in total. The average molecular weight is 531 g/mol. The highest BCUT2D eigenvalue weighted by molar-refractivity contribution is 6.36. The Bertz CT molecular complexity index is 1300. The maximum Gasteiger partial charge on any atom is 0.284 e. The summed E-state index contributed by atoms with van der Waals surface area (Å²) in [5, 5.41) is 4.90. The number of aromatic nitrogens is 2. The van der Waals surface area contributed by atoms with E-state index in [1.54, 1.807) is 53.3 Å². The number of hydrogen-bond acceptors (Lipinski definition) is 2. The summed E-state index contributed by atoms with van der Waals surface area (Å²) in [4.78, 5) is 27.2. The van der Waals surface area contributed by atoms with Gasteiger partial charge in [-0.05, 0) is 92.7 Å². The predicted octanol–water partition coefficient (Wildman–Crippen LogP) is 6.35. The van der Waals surface area contributed by atoms with Crippen molar-refractivity contribution in [3.8, 4) is 5.69 Å².